The highest BCUT2D eigenvalue weighted by atomic mass is 32.2. The van der Waals surface area contributed by atoms with Crippen molar-refractivity contribution in [1.82, 2.24) is 9.21 Å². The summed E-state index contributed by atoms with van der Waals surface area (Å²) in [4.78, 5) is 27.9. The summed E-state index contributed by atoms with van der Waals surface area (Å²) < 4.78 is 47.3. The van der Waals surface area contributed by atoms with Gasteiger partial charge in [-0.25, -0.2) is 17.6 Å². The maximum Gasteiger partial charge on any atom is 0.323 e. The van der Waals surface area contributed by atoms with Crippen molar-refractivity contribution in [2.24, 2.45) is 5.92 Å². The van der Waals surface area contributed by atoms with Gasteiger partial charge in [0.1, 0.15) is 16.1 Å². The van der Waals surface area contributed by atoms with Gasteiger partial charge in [0.15, 0.2) is 5.75 Å². The van der Waals surface area contributed by atoms with Crippen molar-refractivity contribution < 1.29 is 32.2 Å². The average molecular weight is 591 g/mol. The third-order valence-electron chi connectivity index (χ3n) is 6.64. The minimum Gasteiger partial charge on any atom is -0.486 e. The van der Waals surface area contributed by atoms with Gasteiger partial charge >= 0.3 is 6.03 Å². The van der Waals surface area contributed by atoms with E-state index in [1.165, 1.54) is 46.6 Å². The molecule has 1 aliphatic rings. The van der Waals surface area contributed by atoms with Crippen LogP contribution in [0.2, 0.25) is 0 Å². The van der Waals surface area contributed by atoms with E-state index in [0.717, 1.165) is 11.3 Å². The zero-order valence-electron chi connectivity index (χ0n) is 22.2. The first-order valence-electron chi connectivity index (χ1n) is 12.6. The fraction of sp³-hybridized carbons (Fsp3) is 0.333. The number of nitrogens with one attached hydrogen (secondary N) is 2. The monoisotopic (exact) mass is 590 g/mol. The molecule has 3 atom stereocenters. The van der Waals surface area contributed by atoms with Crippen LogP contribution in [0.3, 0.4) is 0 Å². The van der Waals surface area contributed by atoms with E-state index in [-0.39, 0.29) is 46.8 Å². The van der Waals surface area contributed by atoms with Gasteiger partial charge in [0, 0.05) is 25.2 Å². The maximum atomic E-state index is 13.6. The lowest BCUT2D eigenvalue weighted by Gasteiger charge is -2.38. The third-order valence-corrected chi connectivity index (χ3v) is 9.83. The number of fused-ring (bicyclic) bond motifs is 1. The van der Waals surface area contributed by atoms with Gasteiger partial charge < -0.3 is 25.4 Å². The summed E-state index contributed by atoms with van der Waals surface area (Å²) in [5.74, 6) is -1.12. The molecule has 10 nitrogen and oxygen atoms in total. The molecular formula is C27H31FN4O6S2. The number of benzene rings is 2. The second kappa shape index (κ2) is 12.3. The van der Waals surface area contributed by atoms with Crippen LogP contribution in [0, 0.1) is 11.7 Å². The molecule has 0 fully saturated rings. The normalized spacial score (nSPS) is 18.4. The first-order valence-corrected chi connectivity index (χ1v) is 14.9. The van der Waals surface area contributed by atoms with Crippen molar-refractivity contribution in [3.63, 3.8) is 0 Å². The molecule has 2 aromatic carbocycles. The fourth-order valence-corrected chi connectivity index (χ4v) is 6.68. The molecular weight excluding hydrogens is 559 g/mol. The van der Waals surface area contributed by atoms with Gasteiger partial charge in [-0.15, -0.1) is 11.3 Å². The van der Waals surface area contributed by atoms with Crippen LogP contribution in [-0.4, -0.2) is 73.6 Å². The number of thiophene rings is 1. The quantitative estimate of drug-likeness (QED) is 0.363. The van der Waals surface area contributed by atoms with Gasteiger partial charge in [-0.1, -0.05) is 19.1 Å². The highest BCUT2D eigenvalue weighted by Crippen LogP contribution is 2.35. The van der Waals surface area contributed by atoms with Crippen LogP contribution in [0.1, 0.15) is 24.2 Å². The Morgan fingerprint density at radius 2 is 1.93 bits per heavy atom. The Bertz CT molecular complexity index is 1450. The number of likely N-dealkylation sites (N-methyl/N-ethyl adjacent to an activating group) is 1. The molecule has 3 aromatic rings. The highest BCUT2D eigenvalue weighted by Gasteiger charge is 2.36. The summed E-state index contributed by atoms with van der Waals surface area (Å²) in [5, 5.41) is 16.8. The van der Waals surface area contributed by atoms with Crippen molar-refractivity contribution in [3.8, 4) is 5.75 Å². The summed E-state index contributed by atoms with van der Waals surface area (Å²) >= 11 is 1.11. The lowest BCUT2D eigenvalue weighted by atomic mass is 9.99. The standard InChI is InChI=1S/C27H31FN4O6S2/c1-17-14-32(18(2)16-33)26(34)21-6-4-7-22(30-27(35)29-20-11-9-19(28)10-12-20)25(21)38-23(17)15-31(3)40(36,37)24-8-5-13-39-24/h4-13,17-18,23,33H,14-16H2,1-3H3,(H2,29,30,35)/t17-,18+,23+/m1/s1. The number of para-hydroxylation sites is 1. The first kappa shape index (κ1) is 29.5. The number of nitrogens with zero attached hydrogens (tertiary/aromatic N) is 2. The molecule has 0 saturated heterocycles. The van der Waals surface area contributed by atoms with Crippen molar-refractivity contribution in [2.45, 2.75) is 30.2 Å². The van der Waals surface area contributed by atoms with Gasteiger partial charge in [-0.2, -0.15) is 4.31 Å². The summed E-state index contributed by atoms with van der Waals surface area (Å²) in [6.45, 7) is 3.45. The minimum atomic E-state index is -3.78. The Morgan fingerprint density at radius 3 is 2.58 bits per heavy atom. The van der Waals surface area contributed by atoms with E-state index in [9.17, 15) is 27.5 Å². The third kappa shape index (κ3) is 6.44. The number of ether oxygens (including phenoxy) is 1. The number of anilines is 2. The van der Waals surface area contributed by atoms with E-state index in [1.54, 1.807) is 36.6 Å². The Labute approximate surface area is 236 Å². The summed E-state index contributed by atoms with van der Waals surface area (Å²) in [7, 11) is -2.32. The van der Waals surface area contributed by atoms with E-state index >= 15 is 0 Å². The lowest BCUT2D eigenvalue weighted by Crippen LogP contribution is -2.50. The van der Waals surface area contributed by atoms with E-state index in [1.807, 2.05) is 6.92 Å². The van der Waals surface area contributed by atoms with Crippen LogP contribution >= 0.6 is 11.3 Å². The SMILES string of the molecule is C[C@@H]1CN([C@@H](C)CO)C(=O)c2cccc(NC(=O)Nc3ccc(F)cc3)c2O[C@H]1CN(C)S(=O)(=O)c1cccs1. The molecule has 1 aliphatic heterocycles. The number of halogens is 1. The van der Waals surface area contributed by atoms with Gasteiger partial charge in [-0.3, -0.25) is 4.79 Å². The van der Waals surface area contributed by atoms with Crippen molar-refractivity contribution in [1.29, 1.82) is 0 Å². The van der Waals surface area contributed by atoms with Gasteiger partial charge in [-0.05, 0) is 54.8 Å². The number of amides is 3. The molecule has 2 heterocycles. The van der Waals surface area contributed by atoms with Crippen LogP contribution in [0.5, 0.6) is 5.75 Å². The Kier molecular flexibility index (Phi) is 9.08. The number of carbonyl (C=O) groups is 2. The summed E-state index contributed by atoms with van der Waals surface area (Å²) in [5.41, 5.74) is 0.690. The number of carbonyl (C=O) groups excluding carboxylic acids is 2. The van der Waals surface area contributed by atoms with Crippen molar-refractivity contribution in [3.05, 3.63) is 71.4 Å². The number of aliphatic hydroxyl groups is 1. The predicted octanol–water partition coefficient (Wildman–Crippen LogP) is 4.07. The molecule has 3 amide bonds. The topological polar surface area (TPSA) is 128 Å². The minimum absolute atomic E-state index is 0.0352. The van der Waals surface area contributed by atoms with Gasteiger partial charge in [0.25, 0.3) is 15.9 Å². The molecule has 13 heteroatoms. The summed E-state index contributed by atoms with van der Waals surface area (Å²) in [6, 6.07) is 11.9. The highest BCUT2D eigenvalue weighted by molar-refractivity contribution is 7.91. The molecule has 3 N–H and O–H groups in total. The number of hydrogen-bond acceptors (Lipinski definition) is 7. The molecule has 0 aliphatic carbocycles. The first-order chi connectivity index (χ1) is 19.0. The fourth-order valence-electron chi connectivity index (χ4n) is 4.29. The van der Waals surface area contributed by atoms with Gasteiger partial charge in [0.05, 0.1) is 30.4 Å². The molecule has 1 aromatic heterocycles. The molecule has 0 unspecified atom stereocenters. The molecule has 0 saturated carbocycles. The lowest BCUT2D eigenvalue weighted by molar-refractivity contribution is 0.0389. The largest absolute Gasteiger partial charge is 0.486 e. The van der Waals surface area contributed by atoms with Crippen LogP contribution in [0.25, 0.3) is 0 Å². The molecule has 0 radical (unpaired) electrons. The number of rotatable bonds is 8. The van der Waals surface area contributed by atoms with Crippen LogP contribution in [0.15, 0.2) is 64.2 Å². The van der Waals surface area contributed by atoms with Crippen LogP contribution in [-0.2, 0) is 10.0 Å². The molecule has 214 valence electrons. The zero-order valence-corrected chi connectivity index (χ0v) is 23.8. The molecule has 0 bridgehead atoms. The smallest absolute Gasteiger partial charge is 0.323 e. The number of urea groups is 1. The molecule has 40 heavy (non-hydrogen) atoms. The predicted molar refractivity (Wildman–Crippen MR) is 151 cm³/mol. The van der Waals surface area contributed by atoms with Crippen molar-refractivity contribution in [2.75, 3.05) is 37.4 Å². The Hall–Kier alpha value is -3.52. The summed E-state index contributed by atoms with van der Waals surface area (Å²) in [6.07, 6.45) is -0.719. The number of hydrogen-bond donors (Lipinski definition) is 3. The van der Waals surface area contributed by atoms with E-state index in [4.69, 9.17) is 4.74 Å². The average Bonchev–Trinajstić information content (AvgIpc) is 3.48. The molecule has 0 spiro atoms. The second-order valence-electron chi connectivity index (χ2n) is 9.61. The molecule has 4 rings (SSSR count). The Balaban J connectivity index is 1.68. The maximum absolute atomic E-state index is 13.6. The Morgan fingerprint density at radius 1 is 1.20 bits per heavy atom. The van der Waals surface area contributed by atoms with Crippen LogP contribution in [0.4, 0.5) is 20.6 Å². The number of aliphatic hydroxyl groups excluding tert-OH is 1. The van der Waals surface area contributed by atoms with Crippen molar-refractivity contribution >= 4 is 44.7 Å². The van der Waals surface area contributed by atoms with Gasteiger partial charge in [0.2, 0.25) is 0 Å². The second-order valence-corrected chi connectivity index (χ2v) is 12.8. The van der Waals surface area contributed by atoms with Crippen LogP contribution < -0.4 is 15.4 Å². The van der Waals surface area contributed by atoms with E-state index < -0.39 is 39.9 Å². The zero-order chi connectivity index (χ0) is 29.0. The van der Waals surface area contributed by atoms with E-state index in [0.29, 0.717) is 5.69 Å². The van der Waals surface area contributed by atoms with E-state index in [2.05, 4.69) is 10.6 Å². The number of sulfonamides is 1.